The molecule has 3 aromatic carbocycles. The smallest absolute Gasteiger partial charge is 0.224 e. The van der Waals surface area contributed by atoms with Crippen LogP contribution in [0.2, 0.25) is 5.02 Å². The molecule has 1 heterocycles. The summed E-state index contributed by atoms with van der Waals surface area (Å²) >= 11 is 6.19. The van der Waals surface area contributed by atoms with Crippen LogP contribution in [0.3, 0.4) is 0 Å². The summed E-state index contributed by atoms with van der Waals surface area (Å²) < 4.78 is 8.44. The second-order valence-electron chi connectivity index (χ2n) is 9.08. The number of imidazole rings is 1. The lowest BCUT2D eigenvalue weighted by Crippen LogP contribution is -2.28. The van der Waals surface area contributed by atoms with E-state index in [1.54, 1.807) is 6.07 Å². The molecular weight excluding hydrogens is 458 g/mol. The lowest BCUT2D eigenvalue weighted by Gasteiger charge is -2.16. The van der Waals surface area contributed by atoms with Gasteiger partial charge in [-0.3, -0.25) is 4.79 Å². The largest absolute Gasteiger partial charge is 0.491 e. The van der Waals surface area contributed by atoms with Gasteiger partial charge >= 0.3 is 0 Å². The van der Waals surface area contributed by atoms with Crippen molar-refractivity contribution >= 4 is 28.5 Å². The molecule has 1 amide bonds. The van der Waals surface area contributed by atoms with Crippen molar-refractivity contribution < 1.29 is 9.53 Å². The molecule has 0 saturated heterocycles. The van der Waals surface area contributed by atoms with E-state index < -0.39 is 0 Å². The predicted molar refractivity (Wildman–Crippen MR) is 142 cm³/mol. The van der Waals surface area contributed by atoms with Crippen LogP contribution in [0.25, 0.3) is 11.0 Å². The molecule has 0 bridgehead atoms. The zero-order valence-electron chi connectivity index (χ0n) is 20.6. The van der Waals surface area contributed by atoms with Gasteiger partial charge in [-0.05, 0) is 53.8 Å². The van der Waals surface area contributed by atoms with E-state index in [-0.39, 0.29) is 12.3 Å². The maximum absolute atomic E-state index is 12.4. The Morgan fingerprint density at radius 1 is 1.09 bits per heavy atom. The zero-order chi connectivity index (χ0) is 24.8. The summed E-state index contributed by atoms with van der Waals surface area (Å²) in [6.07, 6.45) is 0.892. The summed E-state index contributed by atoms with van der Waals surface area (Å²) in [6.45, 7) is 8.16. The summed E-state index contributed by atoms with van der Waals surface area (Å²) in [7, 11) is 0. The number of benzene rings is 3. The Kier molecular flexibility index (Phi) is 8.09. The fraction of sp³-hybridized carbons (Fsp3) is 0.310. The van der Waals surface area contributed by atoms with Gasteiger partial charge in [0.1, 0.15) is 18.2 Å². The van der Waals surface area contributed by atoms with Crippen molar-refractivity contribution in [3.63, 3.8) is 0 Å². The molecule has 6 heteroatoms. The van der Waals surface area contributed by atoms with E-state index >= 15 is 0 Å². The third-order valence-electron chi connectivity index (χ3n) is 6.08. The molecule has 0 unspecified atom stereocenters. The van der Waals surface area contributed by atoms with Crippen LogP contribution < -0.4 is 10.1 Å². The third kappa shape index (κ3) is 6.23. The number of nitrogens with one attached hydrogen (secondary N) is 1. The number of nitrogens with zero attached hydrogens (tertiary/aromatic N) is 2. The average molecular weight is 490 g/mol. The van der Waals surface area contributed by atoms with E-state index in [1.165, 1.54) is 11.1 Å². The van der Waals surface area contributed by atoms with Crippen LogP contribution in [0.5, 0.6) is 5.75 Å². The molecule has 4 rings (SSSR count). The van der Waals surface area contributed by atoms with E-state index in [4.69, 9.17) is 21.3 Å². The van der Waals surface area contributed by atoms with Gasteiger partial charge < -0.3 is 14.6 Å². The number of aromatic nitrogens is 2. The van der Waals surface area contributed by atoms with Gasteiger partial charge in [0, 0.05) is 18.0 Å². The Hall–Kier alpha value is -3.31. The first-order valence-electron chi connectivity index (χ1n) is 12.1. The lowest BCUT2D eigenvalue weighted by molar-refractivity contribution is -0.120. The molecule has 0 saturated carbocycles. The van der Waals surface area contributed by atoms with Crippen LogP contribution in [0, 0.1) is 6.92 Å². The second-order valence-corrected chi connectivity index (χ2v) is 9.49. The van der Waals surface area contributed by atoms with Gasteiger partial charge in [0.25, 0.3) is 0 Å². The number of amides is 1. The summed E-state index contributed by atoms with van der Waals surface area (Å²) in [5.74, 6) is 2.22. The topological polar surface area (TPSA) is 56.1 Å². The first-order chi connectivity index (χ1) is 16.9. The molecule has 0 aliphatic heterocycles. The first kappa shape index (κ1) is 24.8. The Morgan fingerprint density at radius 2 is 1.86 bits per heavy atom. The van der Waals surface area contributed by atoms with Gasteiger partial charge in [0.05, 0.1) is 24.0 Å². The average Bonchev–Trinajstić information content (AvgIpc) is 3.18. The highest BCUT2D eigenvalue weighted by molar-refractivity contribution is 6.31. The van der Waals surface area contributed by atoms with Gasteiger partial charge in [-0.2, -0.15) is 0 Å². The molecule has 0 radical (unpaired) electrons. The van der Waals surface area contributed by atoms with Crippen molar-refractivity contribution in [2.24, 2.45) is 0 Å². The highest BCUT2D eigenvalue weighted by Gasteiger charge is 2.13. The number of aryl methyl sites for hydroxylation is 1. The summed E-state index contributed by atoms with van der Waals surface area (Å²) in [4.78, 5) is 17.3. The third-order valence-corrected chi connectivity index (χ3v) is 6.45. The summed E-state index contributed by atoms with van der Waals surface area (Å²) in [5.41, 5.74) is 5.25. The van der Waals surface area contributed by atoms with Gasteiger partial charge in [-0.25, -0.2) is 4.98 Å². The minimum Gasteiger partial charge on any atom is -0.491 e. The number of hydrogen-bond acceptors (Lipinski definition) is 3. The number of rotatable bonds is 10. The van der Waals surface area contributed by atoms with E-state index in [0.29, 0.717) is 37.1 Å². The van der Waals surface area contributed by atoms with Crippen molar-refractivity contribution in [2.45, 2.75) is 46.1 Å². The van der Waals surface area contributed by atoms with Crippen LogP contribution in [-0.4, -0.2) is 28.6 Å². The zero-order valence-corrected chi connectivity index (χ0v) is 21.3. The van der Waals surface area contributed by atoms with Crippen molar-refractivity contribution in [3.05, 3.63) is 94.3 Å². The normalized spacial score (nSPS) is 11.2. The minimum absolute atomic E-state index is 0.0512. The quantitative estimate of drug-likeness (QED) is 0.293. The number of fused-ring (bicyclic) bond motifs is 1. The Balaban J connectivity index is 1.41. The second kappa shape index (κ2) is 11.4. The highest BCUT2D eigenvalue weighted by Crippen LogP contribution is 2.27. The standard InChI is InChI=1S/C29H32ClN3O2/c1-20(2)23-13-12-21(3)18-27(23)35-17-16-33-26-11-7-6-10-25(26)32-28(33)14-15-31-29(34)19-22-8-4-5-9-24(22)30/h4-13,18,20H,14-17,19H2,1-3H3,(H,31,34). The number of halogens is 1. The molecule has 0 spiro atoms. The van der Waals surface area contributed by atoms with E-state index in [0.717, 1.165) is 28.2 Å². The monoisotopic (exact) mass is 489 g/mol. The molecule has 182 valence electrons. The van der Waals surface area contributed by atoms with E-state index in [1.807, 2.05) is 36.4 Å². The molecule has 0 aliphatic rings. The van der Waals surface area contributed by atoms with Crippen molar-refractivity contribution in [1.82, 2.24) is 14.9 Å². The van der Waals surface area contributed by atoms with Gasteiger partial charge in [-0.15, -0.1) is 0 Å². The Labute approximate surface area is 212 Å². The fourth-order valence-electron chi connectivity index (χ4n) is 4.25. The molecule has 0 fully saturated rings. The van der Waals surface area contributed by atoms with E-state index in [9.17, 15) is 4.79 Å². The molecule has 1 aromatic heterocycles. The number of para-hydroxylation sites is 2. The minimum atomic E-state index is -0.0512. The Bertz CT molecular complexity index is 1310. The van der Waals surface area contributed by atoms with Crippen molar-refractivity contribution in [1.29, 1.82) is 0 Å². The summed E-state index contributed by atoms with van der Waals surface area (Å²) in [6, 6.07) is 21.9. The molecule has 0 atom stereocenters. The van der Waals surface area contributed by atoms with Crippen LogP contribution in [0.4, 0.5) is 0 Å². The molecule has 5 nitrogen and oxygen atoms in total. The SMILES string of the molecule is Cc1ccc(C(C)C)c(OCCn2c(CCNC(=O)Cc3ccccc3Cl)nc3ccccc32)c1. The molecule has 0 aliphatic carbocycles. The van der Waals surface area contributed by atoms with Crippen LogP contribution >= 0.6 is 11.6 Å². The number of hydrogen-bond donors (Lipinski definition) is 1. The molecule has 1 N–H and O–H groups in total. The summed E-state index contributed by atoms with van der Waals surface area (Å²) in [5, 5.41) is 3.61. The number of carbonyl (C=O) groups is 1. The predicted octanol–water partition coefficient (Wildman–Crippen LogP) is 6.10. The van der Waals surface area contributed by atoms with E-state index in [2.05, 4.69) is 54.9 Å². The molecular formula is C29H32ClN3O2. The van der Waals surface area contributed by atoms with Crippen molar-refractivity contribution in [2.75, 3.05) is 13.2 Å². The maximum Gasteiger partial charge on any atom is 0.224 e. The molecule has 4 aromatic rings. The maximum atomic E-state index is 12.4. The lowest BCUT2D eigenvalue weighted by atomic mass is 10.0. The van der Waals surface area contributed by atoms with Crippen molar-refractivity contribution in [3.8, 4) is 5.75 Å². The number of ether oxygens (including phenoxy) is 1. The van der Waals surface area contributed by atoms with Gasteiger partial charge in [0.15, 0.2) is 0 Å². The van der Waals surface area contributed by atoms with Gasteiger partial charge in [0.2, 0.25) is 5.91 Å². The van der Waals surface area contributed by atoms with Crippen LogP contribution in [0.15, 0.2) is 66.7 Å². The highest BCUT2D eigenvalue weighted by atomic mass is 35.5. The van der Waals surface area contributed by atoms with Crippen LogP contribution in [-0.2, 0) is 24.2 Å². The van der Waals surface area contributed by atoms with Crippen LogP contribution in [0.1, 0.15) is 42.3 Å². The molecule has 35 heavy (non-hydrogen) atoms. The number of carbonyl (C=O) groups excluding carboxylic acids is 1. The Morgan fingerprint density at radius 3 is 2.66 bits per heavy atom. The fourth-order valence-corrected chi connectivity index (χ4v) is 4.45. The first-order valence-corrected chi connectivity index (χ1v) is 12.5. The van der Waals surface area contributed by atoms with Gasteiger partial charge in [-0.1, -0.05) is 67.9 Å².